The van der Waals surface area contributed by atoms with Crippen molar-refractivity contribution in [3.8, 4) is 5.75 Å². The molecule has 1 N–H and O–H groups in total. The maximum Gasteiger partial charge on any atom is 0.126 e. The van der Waals surface area contributed by atoms with Gasteiger partial charge in [-0.1, -0.05) is 30.9 Å². The molecule has 3 nitrogen and oxygen atoms in total. The minimum atomic E-state index is 0.205. The Morgan fingerprint density at radius 3 is 2.89 bits per heavy atom. The second-order valence-corrected chi connectivity index (χ2v) is 4.49. The number of epoxide rings is 1. The molecule has 3 heteroatoms. The highest BCUT2D eigenvalue weighted by Crippen LogP contribution is 2.29. The summed E-state index contributed by atoms with van der Waals surface area (Å²) in [5.41, 5.74) is 2.35. The van der Waals surface area contributed by atoms with Crippen molar-refractivity contribution in [3.63, 3.8) is 0 Å². The van der Waals surface area contributed by atoms with Crippen LogP contribution in [0.25, 0.3) is 0 Å². The number of aryl methyl sites for hydroxylation is 1. The molecular formula is C15H20O3. The smallest absolute Gasteiger partial charge is 0.126 e. The van der Waals surface area contributed by atoms with E-state index in [1.807, 2.05) is 6.07 Å². The average Bonchev–Trinajstić information content (AvgIpc) is 3.19. The van der Waals surface area contributed by atoms with Gasteiger partial charge >= 0.3 is 0 Å². The molecule has 0 spiro atoms. The number of hydrogen-bond acceptors (Lipinski definition) is 3. The molecule has 1 saturated heterocycles. The molecule has 0 amide bonds. The van der Waals surface area contributed by atoms with E-state index in [4.69, 9.17) is 14.6 Å². The minimum Gasteiger partial charge on any atom is -0.489 e. The second kappa shape index (κ2) is 6.57. The van der Waals surface area contributed by atoms with Crippen molar-refractivity contribution in [2.45, 2.75) is 25.4 Å². The lowest BCUT2D eigenvalue weighted by Gasteiger charge is -2.14. The van der Waals surface area contributed by atoms with Crippen molar-refractivity contribution in [2.24, 2.45) is 0 Å². The van der Waals surface area contributed by atoms with Crippen LogP contribution in [0.2, 0.25) is 0 Å². The van der Waals surface area contributed by atoms with E-state index >= 15 is 0 Å². The molecule has 0 saturated carbocycles. The summed E-state index contributed by atoms with van der Waals surface area (Å²) in [5.74, 6) is 0.946. The second-order valence-electron chi connectivity index (χ2n) is 4.49. The molecule has 1 aromatic carbocycles. The van der Waals surface area contributed by atoms with E-state index in [1.165, 1.54) is 5.56 Å². The molecule has 1 aromatic rings. The van der Waals surface area contributed by atoms with Gasteiger partial charge in [-0.3, -0.25) is 0 Å². The summed E-state index contributed by atoms with van der Waals surface area (Å²) in [6, 6.07) is 6.19. The van der Waals surface area contributed by atoms with Gasteiger partial charge in [0, 0.05) is 13.0 Å². The summed E-state index contributed by atoms with van der Waals surface area (Å²) in [5, 5.41) is 8.94. The quantitative estimate of drug-likeness (QED) is 0.566. The van der Waals surface area contributed by atoms with Crippen molar-refractivity contribution in [1.29, 1.82) is 0 Å². The van der Waals surface area contributed by atoms with Gasteiger partial charge < -0.3 is 14.6 Å². The Morgan fingerprint density at radius 1 is 1.44 bits per heavy atom. The van der Waals surface area contributed by atoms with Gasteiger partial charge in [0.1, 0.15) is 12.4 Å². The topological polar surface area (TPSA) is 42.0 Å². The van der Waals surface area contributed by atoms with Crippen LogP contribution in [0.3, 0.4) is 0 Å². The van der Waals surface area contributed by atoms with Gasteiger partial charge in [-0.15, -0.1) is 0 Å². The molecule has 1 aliphatic rings. The number of aliphatic hydroxyl groups is 1. The predicted octanol–water partition coefficient (Wildman–Crippen LogP) is 2.12. The van der Waals surface area contributed by atoms with Gasteiger partial charge in [0.05, 0.1) is 12.7 Å². The molecule has 0 aromatic heterocycles. The zero-order chi connectivity index (χ0) is 12.8. The Bertz CT molecular complexity index is 397. The number of ether oxygens (including phenoxy) is 2. The first-order valence-corrected chi connectivity index (χ1v) is 6.42. The fraction of sp³-hybridized carbons (Fsp3) is 0.467. The van der Waals surface area contributed by atoms with Gasteiger partial charge in [-0.2, -0.15) is 0 Å². The van der Waals surface area contributed by atoms with Gasteiger partial charge in [0.25, 0.3) is 0 Å². The fourth-order valence-electron chi connectivity index (χ4n) is 2.02. The van der Waals surface area contributed by atoms with Gasteiger partial charge in [0.15, 0.2) is 0 Å². The number of para-hydroxylation sites is 1. The normalized spacial score (nSPS) is 17.5. The van der Waals surface area contributed by atoms with Crippen molar-refractivity contribution in [3.05, 3.63) is 42.0 Å². The average molecular weight is 248 g/mol. The molecular weight excluding hydrogens is 228 g/mol. The Morgan fingerprint density at radius 2 is 2.22 bits per heavy atom. The predicted molar refractivity (Wildman–Crippen MR) is 71.0 cm³/mol. The number of aliphatic hydroxyl groups excluding tert-OH is 1. The van der Waals surface area contributed by atoms with Gasteiger partial charge in [0.2, 0.25) is 0 Å². The van der Waals surface area contributed by atoms with E-state index in [-0.39, 0.29) is 6.61 Å². The lowest BCUT2D eigenvalue weighted by Crippen LogP contribution is -2.04. The highest BCUT2D eigenvalue weighted by atomic mass is 16.6. The Labute approximate surface area is 108 Å². The SMILES string of the molecule is C=CCOc1c(CCCO)cccc1CC1CO1. The summed E-state index contributed by atoms with van der Waals surface area (Å²) in [7, 11) is 0. The highest BCUT2D eigenvalue weighted by molar-refractivity contribution is 5.42. The molecule has 0 radical (unpaired) electrons. The van der Waals surface area contributed by atoms with Crippen LogP contribution in [0.5, 0.6) is 5.75 Å². The summed E-state index contributed by atoms with van der Waals surface area (Å²) in [4.78, 5) is 0. The zero-order valence-corrected chi connectivity index (χ0v) is 10.6. The molecule has 2 rings (SSSR count). The summed E-state index contributed by atoms with van der Waals surface area (Å²) in [6.07, 6.45) is 4.60. The highest BCUT2D eigenvalue weighted by Gasteiger charge is 2.24. The van der Waals surface area contributed by atoms with Crippen LogP contribution >= 0.6 is 0 Å². The van der Waals surface area contributed by atoms with Gasteiger partial charge in [-0.05, 0) is 24.0 Å². The maximum absolute atomic E-state index is 8.94. The minimum absolute atomic E-state index is 0.205. The van der Waals surface area contributed by atoms with Crippen LogP contribution in [-0.4, -0.2) is 31.0 Å². The summed E-state index contributed by atoms with van der Waals surface area (Å²) >= 11 is 0. The fourth-order valence-corrected chi connectivity index (χ4v) is 2.02. The Kier molecular flexibility index (Phi) is 4.79. The first-order chi connectivity index (χ1) is 8.85. The Hall–Kier alpha value is -1.32. The Balaban J connectivity index is 2.16. The van der Waals surface area contributed by atoms with Crippen LogP contribution in [0, 0.1) is 0 Å². The van der Waals surface area contributed by atoms with Crippen molar-refractivity contribution >= 4 is 0 Å². The summed E-state index contributed by atoms with van der Waals surface area (Å²) in [6.45, 7) is 5.24. The molecule has 98 valence electrons. The first-order valence-electron chi connectivity index (χ1n) is 6.42. The lowest BCUT2D eigenvalue weighted by atomic mass is 10.0. The van der Waals surface area contributed by atoms with E-state index in [9.17, 15) is 0 Å². The van der Waals surface area contributed by atoms with Crippen LogP contribution in [-0.2, 0) is 17.6 Å². The summed E-state index contributed by atoms with van der Waals surface area (Å²) < 4.78 is 11.1. The van der Waals surface area contributed by atoms with E-state index in [2.05, 4.69) is 18.7 Å². The third-order valence-corrected chi connectivity index (χ3v) is 2.98. The molecule has 1 aliphatic heterocycles. The van der Waals surface area contributed by atoms with E-state index in [0.29, 0.717) is 12.7 Å². The molecule has 1 fully saturated rings. The van der Waals surface area contributed by atoms with Gasteiger partial charge in [-0.25, -0.2) is 0 Å². The van der Waals surface area contributed by atoms with Crippen molar-refractivity contribution < 1.29 is 14.6 Å². The zero-order valence-electron chi connectivity index (χ0n) is 10.6. The standard InChI is InChI=1S/C15H20O3/c1-2-9-17-15-12(7-4-8-16)5-3-6-13(15)10-14-11-18-14/h2-3,5-6,14,16H,1,4,7-11H2. The van der Waals surface area contributed by atoms with Crippen molar-refractivity contribution in [1.82, 2.24) is 0 Å². The number of benzene rings is 1. The third-order valence-electron chi connectivity index (χ3n) is 2.98. The van der Waals surface area contributed by atoms with E-state index < -0.39 is 0 Å². The monoisotopic (exact) mass is 248 g/mol. The molecule has 1 heterocycles. The lowest BCUT2D eigenvalue weighted by molar-refractivity contribution is 0.287. The molecule has 0 aliphatic carbocycles. The van der Waals surface area contributed by atoms with Crippen LogP contribution in [0.4, 0.5) is 0 Å². The van der Waals surface area contributed by atoms with Crippen molar-refractivity contribution in [2.75, 3.05) is 19.8 Å². The van der Waals surface area contributed by atoms with Crippen LogP contribution in [0.15, 0.2) is 30.9 Å². The number of rotatable bonds is 8. The molecule has 18 heavy (non-hydrogen) atoms. The third kappa shape index (κ3) is 3.59. The molecule has 1 unspecified atom stereocenters. The number of hydrogen-bond donors (Lipinski definition) is 1. The van der Waals surface area contributed by atoms with E-state index in [1.54, 1.807) is 6.08 Å². The van der Waals surface area contributed by atoms with Crippen LogP contribution < -0.4 is 4.74 Å². The maximum atomic E-state index is 8.94. The van der Waals surface area contributed by atoms with Crippen LogP contribution in [0.1, 0.15) is 17.5 Å². The largest absolute Gasteiger partial charge is 0.489 e. The van der Waals surface area contributed by atoms with E-state index in [0.717, 1.165) is 37.2 Å². The first kappa shape index (κ1) is 13.1. The molecule has 0 bridgehead atoms. The molecule has 1 atom stereocenters.